The Bertz CT molecular complexity index is 1360. The number of hydrogen-bond donors (Lipinski definition) is 1. The molecule has 2 aromatic carbocycles. The molecule has 1 N–H and O–H groups in total. The predicted octanol–water partition coefficient (Wildman–Crippen LogP) is 7.08. The van der Waals surface area contributed by atoms with Gasteiger partial charge in [-0.2, -0.15) is 13.2 Å². The monoisotopic (exact) mass is 532 g/mol. The van der Waals surface area contributed by atoms with Crippen LogP contribution in [0.1, 0.15) is 70.9 Å². The first-order valence-corrected chi connectivity index (χ1v) is 12.8. The second-order valence-corrected chi connectivity index (χ2v) is 10.6. The summed E-state index contributed by atoms with van der Waals surface area (Å²) in [7, 11) is 1.26. The minimum absolute atomic E-state index is 0.0769. The van der Waals surface area contributed by atoms with Crippen molar-refractivity contribution in [1.29, 1.82) is 0 Å². The number of carbonyl (C=O) groups is 2. The van der Waals surface area contributed by atoms with Crippen LogP contribution in [0.15, 0.2) is 42.6 Å². The van der Waals surface area contributed by atoms with Crippen molar-refractivity contribution < 1.29 is 31.9 Å². The Morgan fingerprint density at radius 2 is 1.84 bits per heavy atom. The molecule has 0 bridgehead atoms. The molecule has 2 aliphatic carbocycles. The van der Waals surface area contributed by atoms with E-state index >= 15 is 0 Å². The van der Waals surface area contributed by atoms with E-state index in [1.54, 1.807) is 18.3 Å². The molecule has 2 aliphatic rings. The van der Waals surface area contributed by atoms with Gasteiger partial charge in [0.15, 0.2) is 0 Å². The van der Waals surface area contributed by atoms with E-state index in [1.807, 2.05) is 0 Å². The van der Waals surface area contributed by atoms with Crippen molar-refractivity contribution in [3.63, 3.8) is 0 Å². The molecule has 2 fully saturated rings. The third kappa shape index (κ3) is 4.86. The third-order valence-corrected chi connectivity index (χ3v) is 8.37. The van der Waals surface area contributed by atoms with Gasteiger partial charge in [-0.25, -0.2) is 14.2 Å². The topological polar surface area (TPSA) is 68.3 Å². The Kier molecular flexibility index (Phi) is 6.55. The number of anilines is 1. The first-order chi connectivity index (χ1) is 17.6. The van der Waals surface area contributed by atoms with Crippen molar-refractivity contribution in [2.75, 3.05) is 12.4 Å². The summed E-state index contributed by atoms with van der Waals surface area (Å²) in [6.45, 7) is 0. The van der Waals surface area contributed by atoms with Gasteiger partial charge in [0.05, 0.1) is 33.5 Å². The number of benzene rings is 2. The van der Waals surface area contributed by atoms with Crippen LogP contribution in [0, 0.1) is 5.82 Å². The van der Waals surface area contributed by atoms with Crippen LogP contribution < -0.4 is 5.32 Å². The highest BCUT2D eigenvalue weighted by molar-refractivity contribution is 7.15. The van der Waals surface area contributed by atoms with E-state index in [4.69, 9.17) is 4.74 Å². The number of carbonyl (C=O) groups excluding carboxylic acids is 2. The van der Waals surface area contributed by atoms with E-state index in [9.17, 15) is 27.2 Å². The van der Waals surface area contributed by atoms with Crippen molar-refractivity contribution in [2.45, 2.75) is 56.0 Å². The quantitative estimate of drug-likeness (QED) is 0.272. The molecule has 1 heterocycles. The van der Waals surface area contributed by atoms with Gasteiger partial charge in [-0.15, -0.1) is 11.3 Å². The van der Waals surface area contributed by atoms with Gasteiger partial charge < -0.3 is 10.1 Å². The maximum atomic E-state index is 14.6. The standard InChI is InChI=1S/C27H24F4N2O3S/c1-36-24(34)19-13-17(7-8-18(19)22-14-32-23(37-22)15-4-2-3-5-15)33-25(35)26(10-11-26)20-9-6-16(12-21(20)28)27(29,30)31/h6-9,12-15H,2-5,10-11H2,1H3,(H,33,35). The van der Waals surface area contributed by atoms with Crippen LogP contribution in [-0.2, 0) is 21.1 Å². The van der Waals surface area contributed by atoms with Gasteiger partial charge in [0.25, 0.3) is 0 Å². The molecular weight excluding hydrogens is 508 g/mol. The number of ether oxygens (including phenoxy) is 1. The van der Waals surface area contributed by atoms with E-state index in [-0.39, 0.29) is 11.1 Å². The molecule has 3 aromatic rings. The lowest BCUT2D eigenvalue weighted by atomic mass is 9.93. The minimum Gasteiger partial charge on any atom is -0.465 e. The van der Waals surface area contributed by atoms with Gasteiger partial charge in [0.1, 0.15) is 5.82 Å². The van der Waals surface area contributed by atoms with Gasteiger partial charge in [0, 0.05) is 28.9 Å². The van der Waals surface area contributed by atoms with E-state index in [1.165, 1.54) is 37.4 Å². The second kappa shape index (κ2) is 9.55. The van der Waals surface area contributed by atoms with Gasteiger partial charge >= 0.3 is 12.1 Å². The van der Waals surface area contributed by atoms with Crippen molar-refractivity contribution in [3.8, 4) is 10.4 Å². The lowest BCUT2D eigenvalue weighted by molar-refractivity contribution is -0.137. The van der Waals surface area contributed by atoms with E-state index < -0.39 is 34.8 Å². The first-order valence-electron chi connectivity index (χ1n) is 12.0. The summed E-state index contributed by atoms with van der Waals surface area (Å²) in [5.74, 6) is -1.77. The summed E-state index contributed by atoms with van der Waals surface area (Å²) in [6.07, 6.45) is 2.22. The second-order valence-electron chi connectivity index (χ2n) is 9.52. The van der Waals surface area contributed by atoms with Crippen LogP contribution >= 0.6 is 11.3 Å². The smallest absolute Gasteiger partial charge is 0.416 e. The van der Waals surface area contributed by atoms with Crippen LogP contribution in [0.25, 0.3) is 10.4 Å². The normalized spacial score (nSPS) is 17.0. The molecule has 0 saturated heterocycles. The molecule has 0 spiro atoms. The number of nitrogens with one attached hydrogen (secondary N) is 1. The molecular formula is C27H24F4N2O3S. The molecule has 2 saturated carbocycles. The zero-order chi connectivity index (χ0) is 26.4. The lowest BCUT2D eigenvalue weighted by Crippen LogP contribution is -2.29. The Labute approximate surface area is 214 Å². The van der Waals surface area contributed by atoms with E-state index in [0.717, 1.165) is 34.9 Å². The Morgan fingerprint density at radius 1 is 1.11 bits per heavy atom. The predicted molar refractivity (Wildman–Crippen MR) is 131 cm³/mol. The number of amides is 1. The molecule has 194 valence electrons. The maximum Gasteiger partial charge on any atom is 0.416 e. The molecule has 1 aromatic heterocycles. The van der Waals surface area contributed by atoms with Crippen LogP contribution in [-0.4, -0.2) is 24.0 Å². The van der Waals surface area contributed by atoms with Gasteiger partial charge in [-0.1, -0.05) is 25.0 Å². The molecule has 1 amide bonds. The number of alkyl halides is 3. The fraction of sp³-hybridized carbons (Fsp3) is 0.370. The zero-order valence-corrected chi connectivity index (χ0v) is 20.8. The number of halogens is 4. The number of hydrogen-bond acceptors (Lipinski definition) is 5. The largest absolute Gasteiger partial charge is 0.465 e. The summed E-state index contributed by atoms with van der Waals surface area (Å²) in [6, 6.07) is 7.05. The van der Waals surface area contributed by atoms with Gasteiger partial charge in [-0.3, -0.25) is 4.79 Å². The lowest BCUT2D eigenvalue weighted by Gasteiger charge is -2.18. The van der Waals surface area contributed by atoms with Crippen LogP contribution in [0.3, 0.4) is 0 Å². The van der Waals surface area contributed by atoms with Crippen molar-refractivity contribution in [3.05, 3.63) is 70.1 Å². The SMILES string of the molecule is COC(=O)c1cc(NC(=O)C2(c3ccc(C(F)(F)F)cc3F)CC2)ccc1-c1cnc(C2CCCC2)s1. The van der Waals surface area contributed by atoms with Crippen LogP contribution in [0.5, 0.6) is 0 Å². The highest BCUT2D eigenvalue weighted by atomic mass is 32.1. The number of rotatable bonds is 6. The molecule has 5 rings (SSSR count). The summed E-state index contributed by atoms with van der Waals surface area (Å²) in [5.41, 5.74) is -1.27. The Hall–Kier alpha value is -3.27. The zero-order valence-electron chi connectivity index (χ0n) is 20.0. The average Bonchev–Trinajstić information content (AvgIpc) is 3.25. The summed E-state index contributed by atoms with van der Waals surface area (Å²) < 4.78 is 58.4. The van der Waals surface area contributed by atoms with Crippen molar-refractivity contribution in [2.24, 2.45) is 0 Å². The molecule has 0 aliphatic heterocycles. The van der Waals surface area contributed by atoms with Crippen molar-refractivity contribution >= 4 is 28.9 Å². The highest BCUT2D eigenvalue weighted by Crippen LogP contribution is 2.50. The average molecular weight is 533 g/mol. The van der Waals surface area contributed by atoms with Gasteiger partial charge in [-0.05, 0) is 49.9 Å². The highest BCUT2D eigenvalue weighted by Gasteiger charge is 2.53. The fourth-order valence-electron chi connectivity index (χ4n) is 4.96. The fourth-order valence-corrected chi connectivity index (χ4v) is 6.09. The molecule has 37 heavy (non-hydrogen) atoms. The van der Waals surface area contributed by atoms with Crippen LogP contribution in [0.2, 0.25) is 0 Å². The first kappa shape index (κ1) is 25.4. The number of thiazole rings is 1. The summed E-state index contributed by atoms with van der Waals surface area (Å²) in [5, 5.41) is 3.75. The van der Waals surface area contributed by atoms with E-state index in [2.05, 4.69) is 10.3 Å². The molecule has 0 radical (unpaired) electrons. The van der Waals surface area contributed by atoms with Crippen LogP contribution in [0.4, 0.5) is 23.2 Å². The Balaban J connectivity index is 1.40. The summed E-state index contributed by atoms with van der Waals surface area (Å²) >= 11 is 1.53. The number of esters is 1. The number of methoxy groups -OCH3 is 1. The third-order valence-electron chi connectivity index (χ3n) is 7.17. The Morgan fingerprint density at radius 3 is 2.46 bits per heavy atom. The van der Waals surface area contributed by atoms with Gasteiger partial charge in [0.2, 0.25) is 5.91 Å². The number of nitrogens with zero attached hydrogens (tertiary/aromatic N) is 1. The number of aromatic nitrogens is 1. The molecule has 0 atom stereocenters. The maximum absolute atomic E-state index is 14.6. The molecule has 0 unspecified atom stereocenters. The molecule has 5 nitrogen and oxygen atoms in total. The van der Waals surface area contributed by atoms with Crippen molar-refractivity contribution in [1.82, 2.24) is 4.98 Å². The molecule has 10 heteroatoms. The van der Waals surface area contributed by atoms with E-state index in [0.29, 0.717) is 36.1 Å². The minimum atomic E-state index is -4.68. The summed E-state index contributed by atoms with van der Waals surface area (Å²) in [4.78, 5) is 31.1.